The van der Waals surface area contributed by atoms with E-state index in [0.29, 0.717) is 0 Å². The molecule has 0 amide bonds. The summed E-state index contributed by atoms with van der Waals surface area (Å²) in [5.74, 6) is 0. The molecule has 2 aromatic rings. The number of aromatic nitrogens is 1. The number of hydrogen-bond acceptors (Lipinski definition) is 4. The maximum absolute atomic E-state index is 5.96. The number of rotatable bonds is 3. The van der Waals surface area contributed by atoms with Gasteiger partial charge in [-0.1, -0.05) is 15.9 Å². The Morgan fingerprint density at radius 1 is 1.50 bits per heavy atom. The third-order valence-corrected chi connectivity index (χ3v) is 3.41. The van der Waals surface area contributed by atoms with Crippen molar-refractivity contribution in [1.82, 2.24) is 4.98 Å². The molecule has 0 aliphatic carbocycles. The molecule has 84 valence electrons. The van der Waals surface area contributed by atoms with Crippen molar-refractivity contribution in [3.05, 3.63) is 39.3 Å². The van der Waals surface area contributed by atoms with Crippen LogP contribution in [0.1, 0.15) is 5.69 Å². The fourth-order valence-corrected chi connectivity index (χ4v) is 2.45. The molecule has 1 aromatic carbocycles. The van der Waals surface area contributed by atoms with Gasteiger partial charge in [-0.15, -0.1) is 11.3 Å². The van der Waals surface area contributed by atoms with E-state index >= 15 is 0 Å². The van der Waals surface area contributed by atoms with E-state index in [1.54, 1.807) is 11.3 Å². The lowest BCUT2D eigenvalue weighted by Gasteiger charge is -2.20. The Labute approximate surface area is 107 Å². The SMILES string of the molecule is CN(Cc1cscn1)c1ccc(Br)cc1N. The van der Waals surface area contributed by atoms with Crippen molar-refractivity contribution < 1.29 is 0 Å². The Morgan fingerprint density at radius 3 is 2.94 bits per heavy atom. The average molecular weight is 298 g/mol. The fraction of sp³-hybridized carbons (Fsp3) is 0.182. The zero-order valence-corrected chi connectivity index (χ0v) is 11.3. The fourth-order valence-electron chi connectivity index (χ4n) is 1.52. The minimum absolute atomic E-state index is 0.770. The lowest BCUT2D eigenvalue weighted by molar-refractivity contribution is 0.896. The third kappa shape index (κ3) is 2.54. The van der Waals surface area contributed by atoms with Crippen LogP contribution in [-0.4, -0.2) is 12.0 Å². The number of anilines is 2. The molecule has 0 atom stereocenters. The second-order valence-corrected chi connectivity index (χ2v) is 5.17. The second kappa shape index (κ2) is 4.84. The van der Waals surface area contributed by atoms with Gasteiger partial charge in [0.1, 0.15) is 0 Å². The van der Waals surface area contributed by atoms with Gasteiger partial charge >= 0.3 is 0 Å². The molecule has 0 aliphatic rings. The van der Waals surface area contributed by atoms with Crippen LogP contribution in [0.25, 0.3) is 0 Å². The van der Waals surface area contributed by atoms with Gasteiger partial charge in [0.15, 0.2) is 0 Å². The van der Waals surface area contributed by atoms with E-state index in [4.69, 9.17) is 5.73 Å². The first-order valence-electron chi connectivity index (χ1n) is 4.80. The summed E-state index contributed by atoms with van der Waals surface area (Å²) in [4.78, 5) is 6.35. The Bertz CT molecular complexity index is 470. The van der Waals surface area contributed by atoms with E-state index in [1.807, 2.05) is 36.1 Å². The molecule has 0 spiro atoms. The number of benzene rings is 1. The Hall–Kier alpha value is -1.07. The van der Waals surface area contributed by atoms with Gasteiger partial charge in [-0.05, 0) is 18.2 Å². The van der Waals surface area contributed by atoms with E-state index in [2.05, 4.69) is 25.8 Å². The Kier molecular flexibility index (Phi) is 3.46. The van der Waals surface area contributed by atoms with Crippen LogP contribution >= 0.6 is 27.3 Å². The molecular weight excluding hydrogens is 286 g/mol. The number of thiazole rings is 1. The highest BCUT2D eigenvalue weighted by Gasteiger charge is 2.07. The lowest BCUT2D eigenvalue weighted by atomic mass is 10.2. The van der Waals surface area contributed by atoms with Crippen molar-refractivity contribution in [2.45, 2.75) is 6.54 Å². The number of nitrogens with zero attached hydrogens (tertiary/aromatic N) is 2. The van der Waals surface area contributed by atoms with Crippen molar-refractivity contribution >= 4 is 38.6 Å². The van der Waals surface area contributed by atoms with E-state index in [1.165, 1.54) is 0 Å². The van der Waals surface area contributed by atoms with Crippen molar-refractivity contribution in [1.29, 1.82) is 0 Å². The first-order valence-corrected chi connectivity index (χ1v) is 6.53. The lowest BCUT2D eigenvalue weighted by Crippen LogP contribution is -2.17. The molecule has 0 saturated carbocycles. The molecule has 1 heterocycles. The smallest absolute Gasteiger partial charge is 0.0795 e. The summed E-state index contributed by atoms with van der Waals surface area (Å²) in [7, 11) is 2.01. The quantitative estimate of drug-likeness (QED) is 0.885. The van der Waals surface area contributed by atoms with Gasteiger partial charge in [0.25, 0.3) is 0 Å². The molecular formula is C11H12BrN3S. The van der Waals surface area contributed by atoms with Crippen LogP contribution in [0.5, 0.6) is 0 Å². The van der Waals surface area contributed by atoms with E-state index < -0.39 is 0 Å². The zero-order valence-electron chi connectivity index (χ0n) is 8.85. The highest BCUT2D eigenvalue weighted by molar-refractivity contribution is 9.10. The van der Waals surface area contributed by atoms with Crippen molar-refractivity contribution in [3.8, 4) is 0 Å². The van der Waals surface area contributed by atoms with Crippen LogP contribution in [0.2, 0.25) is 0 Å². The number of hydrogen-bond donors (Lipinski definition) is 1. The summed E-state index contributed by atoms with van der Waals surface area (Å²) in [5, 5.41) is 2.05. The summed E-state index contributed by atoms with van der Waals surface area (Å²) in [6.07, 6.45) is 0. The van der Waals surface area contributed by atoms with E-state index in [9.17, 15) is 0 Å². The molecule has 0 radical (unpaired) electrons. The monoisotopic (exact) mass is 297 g/mol. The second-order valence-electron chi connectivity index (χ2n) is 3.54. The standard InChI is InChI=1S/C11H12BrN3S/c1-15(5-9-6-16-7-14-9)11-3-2-8(12)4-10(11)13/h2-4,6-7H,5,13H2,1H3. The van der Waals surface area contributed by atoms with Gasteiger partial charge in [0.2, 0.25) is 0 Å². The molecule has 0 fully saturated rings. The highest BCUT2D eigenvalue weighted by atomic mass is 79.9. The normalized spacial score (nSPS) is 10.4. The van der Waals surface area contributed by atoms with Crippen LogP contribution in [0, 0.1) is 0 Å². The van der Waals surface area contributed by atoms with Gasteiger partial charge in [-0.3, -0.25) is 0 Å². The molecule has 3 nitrogen and oxygen atoms in total. The third-order valence-electron chi connectivity index (χ3n) is 2.28. The summed E-state index contributed by atoms with van der Waals surface area (Å²) in [6.45, 7) is 0.773. The van der Waals surface area contributed by atoms with Gasteiger partial charge in [0.05, 0.1) is 29.1 Å². The number of halogens is 1. The molecule has 0 bridgehead atoms. The minimum atomic E-state index is 0.770. The van der Waals surface area contributed by atoms with Crippen molar-refractivity contribution in [2.24, 2.45) is 0 Å². The maximum Gasteiger partial charge on any atom is 0.0795 e. The van der Waals surface area contributed by atoms with E-state index in [0.717, 1.165) is 28.1 Å². The largest absolute Gasteiger partial charge is 0.397 e. The predicted molar refractivity (Wildman–Crippen MR) is 72.8 cm³/mol. The van der Waals surface area contributed by atoms with Crippen LogP contribution in [0.4, 0.5) is 11.4 Å². The molecule has 16 heavy (non-hydrogen) atoms. The van der Waals surface area contributed by atoms with Gasteiger partial charge in [0, 0.05) is 16.9 Å². The Balaban J connectivity index is 2.17. The summed E-state index contributed by atoms with van der Waals surface area (Å²) < 4.78 is 0.996. The highest BCUT2D eigenvalue weighted by Crippen LogP contribution is 2.26. The van der Waals surface area contributed by atoms with Crippen LogP contribution < -0.4 is 10.6 Å². The molecule has 1 aromatic heterocycles. The Morgan fingerprint density at radius 2 is 2.31 bits per heavy atom. The molecule has 2 N–H and O–H groups in total. The minimum Gasteiger partial charge on any atom is -0.397 e. The summed E-state index contributed by atoms with van der Waals surface area (Å²) in [6, 6.07) is 5.90. The van der Waals surface area contributed by atoms with Crippen LogP contribution in [0.15, 0.2) is 33.6 Å². The average Bonchev–Trinajstić information content (AvgIpc) is 2.70. The van der Waals surface area contributed by atoms with Crippen molar-refractivity contribution in [3.63, 3.8) is 0 Å². The van der Waals surface area contributed by atoms with E-state index in [-0.39, 0.29) is 0 Å². The maximum atomic E-state index is 5.96. The van der Waals surface area contributed by atoms with Crippen LogP contribution in [0.3, 0.4) is 0 Å². The summed E-state index contributed by atoms with van der Waals surface area (Å²) >= 11 is 5.00. The zero-order chi connectivity index (χ0) is 11.5. The van der Waals surface area contributed by atoms with Crippen molar-refractivity contribution in [2.75, 3.05) is 17.7 Å². The first-order chi connectivity index (χ1) is 7.66. The van der Waals surface area contributed by atoms with Gasteiger partial charge in [-0.2, -0.15) is 0 Å². The van der Waals surface area contributed by atoms with Gasteiger partial charge in [-0.25, -0.2) is 4.98 Å². The van der Waals surface area contributed by atoms with Crippen LogP contribution in [-0.2, 0) is 6.54 Å². The summed E-state index contributed by atoms with van der Waals surface area (Å²) in [5.41, 5.74) is 10.7. The number of nitrogens with two attached hydrogens (primary N) is 1. The molecule has 2 rings (SSSR count). The first kappa shape index (κ1) is 11.4. The molecule has 0 saturated heterocycles. The molecule has 0 unspecified atom stereocenters. The number of nitrogen functional groups attached to an aromatic ring is 1. The molecule has 0 aliphatic heterocycles. The molecule has 5 heteroatoms. The predicted octanol–water partition coefficient (Wildman–Crippen LogP) is 3.12. The topological polar surface area (TPSA) is 42.2 Å². The van der Waals surface area contributed by atoms with Gasteiger partial charge < -0.3 is 10.6 Å².